The van der Waals surface area contributed by atoms with Gasteiger partial charge in [0, 0.05) is 33.7 Å². The highest BCUT2D eigenvalue weighted by Crippen LogP contribution is 2.20. The van der Waals surface area contributed by atoms with Gasteiger partial charge >= 0.3 is 0 Å². The maximum atomic E-state index is 13.0. The lowest BCUT2D eigenvalue weighted by atomic mass is 10.0. The number of amides is 2. The molecule has 2 aromatic carbocycles. The summed E-state index contributed by atoms with van der Waals surface area (Å²) in [7, 11) is 0. The van der Waals surface area contributed by atoms with Crippen molar-refractivity contribution in [3.05, 3.63) is 87.2 Å². The molecule has 29 heavy (non-hydrogen) atoms. The predicted molar refractivity (Wildman–Crippen MR) is 120 cm³/mol. The van der Waals surface area contributed by atoms with E-state index in [4.69, 9.17) is 0 Å². The van der Waals surface area contributed by atoms with Crippen LogP contribution < -0.4 is 10.6 Å². The Hall–Kier alpha value is -2.90. The minimum Gasteiger partial charge on any atom is -0.361 e. The van der Waals surface area contributed by atoms with Crippen LogP contribution in [0, 0.1) is 0 Å². The first-order valence-electron chi connectivity index (χ1n) is 9.06. The first-order valence-corrected chi connectivity index (χ1v) is 10.7. The number of carbonyl (C=O) groups excluding carboxylic acids is 2. The number of anilines is 1. The molecule has 2 amide bonds. The summed E-state index contributed by atoms with van der Waals surface area (Å²) in [6.45, 7) is 0. The molecule has 0 aliphatic rings. The lowest BCUT2D eigenvalue weighted by Gasteiger charge is -2.18. The van der Waals surface area contributed by atoms with Gasteiger partial charge in [0.2, 0.25) is 5.91 Å². The molecule has 7 heteroatoms. The number of thiophene rings is 1. The molecule has 0 radical (unpaired) electrons. The van der Waals surface area contributed by atoms with Gasteiger partial charge in [0.25, 0.3) is 5.91 Å². The maximum absolute atomic E-state index is 13.0. The molecule has 4 rings (SSSR count). The molecular weight excluding hydrogens is 450 g/mol. The smallest absolute Gasteiger partial charge is 0.262 e. The third kappa shape index (κ3) is 4.58. The van der Waals surface area contributed by atoms with E-state index in [-0.39, 0.29) is 11.8 Å². The van der Waals surface area contributed by atoms with Crippen LogP contribution in [-0.4, -0.2) is 22.8 Å². The zero-order valence-corrected chi connectivity index (χ0v) is 17.7. The standard InChI is InChI=1S/C22H18BrN3O2S/c23-15-7-9-16(10-8-15)25-21(27)19(26-22(28)20-6-3-11-29-20)12-14-13-24-18-5-2-1-4-17(14)18/h1-11,13,19,24H,12H2,(H,25,27)(H,26,28). The van der Waals surface area contributed by atoms with Crippen LogP contribution in [-0.2, 0) is 11.2 Å². The molecule has 2 heterocycles. The number of halogens is 1. The highest BCUT2D eigenvalue weighted by molar-refractivity contribution is 9.10. The molecule has 4 aromatic rings. The van der Waals surface area contributed by atoms with Crippen molar-refractivity contribution in [3.8, 4) is 0 Å². The fourth-order valence-corrected chi connectivity index (χ4v) is 4.02. The summed E-state index contributed by atoms with van der Waals surface area (Å²) in [5.41, 5.74) is 2.65. The largest absolute Gasteiger partial charge is 0.361 e. The average molecular weight is 468 g/mol. The van der Waals surface area contributed by atoms with Crippen molar-refractivity contribution in [2.24, 2.45) is 0 Å². The normalized spacial score (nSPS) is 11.9. The second kappa shape index (κ2) is 8.63. The van der Waals surface area contributed by atoms with Gasteiger partial charge in [0.15, 0.2) is 0 Å². The second-order valence-corrected chi connectivity index (χ2v) is 8.43. The zero-order valence-electron chi connectivity index (χ0n) is 15.3. The third-order valence-electron chi connectivity index (χ3n) is 4.58. The lowest BCUT2D eigenvalue weighted by Crippen LogP contribution is -2.45. The van der Waals surface area contributed by atoms with E-state index < -0.39 is 6.04 Å². The Morgan fingerprint density at radius 3 is 2.59 bits per heavy atom. The Morgan fingerprint density at radius 1 is 1.03 bits per heavy atom. The van der Waals surface area contributed by atoms with Crippen molar-refractivity contribution < 1.29 is 9.59 Å². The second-order valence-electron chi connectivity index (χ2n) is 6.56. The van der Waals surface area contributed by atoms with Crippen LogP contribution in [0.1, 0.15) is 15.2 Å². The van der Waals surface area contributed by atoms with Gasteiger partial charge in [0.05, 0.1) is 4.88 Å². The monoisotopic (exact) mass is 467 g/mol. The summed E-state index contributed by atoms with van der Waals surface area (Å²) in [4.78, 5) is 29.4. The van der Waals surface area contributed by atoms with Crippen molar-refractivity contribution in [1.29, 1.82) is 0 Å². The van der Waals surface area contributed by atoms with E-state index in [9.17, 15) is 9.59 Å². The van der Waals surface area contributed by atoms with Gasteiger partial charge in [-0.15, -0.1) is 11.3 Å². The quantitative estimate of drug-likeness (QED) is 0.374. The Morgan fingerprint density at radius 2 is 1.83 bits per heavy atom. The van der Waals surface area contributed by atoms with Gasteiger partial charge in [0.1, 0.15) is 6.04 Å². The molecule has 146 valence electrons. The lowest BCUT2D eigenvalue weighted by molar-refractivity contribution is -0.118. The van der Waals surface area contributed by atoms with E-state index >= 15 is 0 Å². The van der Waals surface area contributed by atoms with Crippen LogP contribution >= 0.6 is 27.3 Å². The van der Waals surface area contributed by atoms with E-state index in [2.05, 4.69) is 31.5 Å². The molecule has 1 unspecified atom stereocenters. The van der Waals surface area contributed by atoms with Gasteiger partial charge in [-0.25, -0.2) is 0 Å². The number of rotatable bonds is 6. The number of hydrogen-bond donors (Lipinski definition) is 3. The van der Waals surface area contributed by atoms with Crippen molar-refractivity contribution in [2.45, 2.75) is 12.5 Å². The Labute approximate surface area is 180 Å². The van der Waals surface area contributed by atoms with E-state index in [0.29, 0.717) is 17.0 Å². The molecule has 0 saturated heterocycles. The third-order valence-corrected chi connectivity index (χ3v) is 5.97. The molecule has 1 atom stereocenters. The first kappa shape index (κ1) is 19.4. The Balaban J connectivity index is 1.58. The van der Waals surface area contributed by atoms with Crippen LogP contribution in [0.3, 0.4) is 0 Å². The minimum absolute atomic E-state index is 0.254. The SMILES string of the molecule is O=C(NC(Cc1c[nH]c2ccccc12)C(=O)Nc1ccc(Br)cc1)c1cccs1. The van der Waals surface area contributed by atoms with Gasteiger partial charge in [-0.2, -0.15) is 0 Å². The van der Waals surface area contributed by atoms with Crippen molar-refractivity contribution in [2.75, 3.05) is 5.32 Å². The number of fused-ring (bicyclic) bond motifs is 1. The van der Waals surface area contributed by atoms with Crippen LogP contribution in [0.15, 0.2) is 76.7 Å². The summed E-state index contributed by atoms with van der Waals surface area (Å²) in [6, 6.07) is 18.1. The number of hydrogen-bond acceptors (Lipinski definition) is 3. The molecule has 0 spiro atoms. The fraction of sp³-hybridized carbons (Fsp3) is 0.0909. The molecule has 3 N–H and O–H groups in total. The molecule has 5 nitrogen and oxygen atoms in total. The predicted octanol–water partition coefficient (Wildman–Crippen LogP) is 4.97. The number of benzene rings is 2. The summed E-state index contributed by atoms with van der Waals surface area (Å²) >= 11 is 4.73. The zero-order chi connectivity index (χ0) is 20.2. The van der Waals surface area contributed by atoms with E-state index in [1.165, 1.54) is 11.3 Å². The molecule has 2 aromatic heterocycles. The van der Waals surface area contributed by atoms with Crippen molar-refractivity contribution in [1.82, 2.24) is 10.3 Å². The summed E-state index contributed by atoms with van der Waals surface area (Å²) in [5, 5.41) is 8.67. The minimum atomic E-state index is -0.715. The van der Waals surface area contributed by atoms with Crippen molar-refractivity contribution >= 4 is 55.7 Å². The number of para-hydroxylation sites is 1. The highest BCUT2D eigenvalue weighted by atomic mass is 79.9. The number of aromatic amines is 1. The summed E-state index contributed by atoms with van der Waals surface area (Å²) in [6.07, 6.45) is 2.27. The topological polar surface area (TPSA) is 74.0 Å². The van der Waals surface area contributed by atoms with Gasteiger partial charge in [-0.1, -0.05) is 40.2 Å². The van der Waals surface area contributed by atoms with Gasteiger partial charge in [-0.05, 0) is 47.3 Å². The maximum Gasteiger partial charge on any atom is 0.262 e. The van der Waals surface area contributed by atoms with Gasteiger partial charge < -0.3 is 15.6 Å². The Bertz CT molecular complexity index is 1140. The molecule has 0 aliphatic carbocycles. The molecule has 0 fully saturated rings. The molecule has 0 saturated carbocycles. The van der Waals surface area contributed by atoms with Crippen LogP contribution in [0.4, 0.5) is 5.69 Å². The Kier molecular flexibility index (Phi) is 5.78. The highest BCUT2D eigenvalue weighted by Gasteiger charge is 2.23. The van der Waals surface area contributed by atoms with E-state index in [1.54, 1.807) is 6.07 Å². The fourth-order valence-electron chi connectivity index (χ4n) is 3.13. The average Bonchev–Trinajstić information content (AvgIpc) is 3.40. The van der Waals surface area contributed by atoms with Crippen LogP contribution in [0.2, 0.25) is 0 Å². The van der Waals surface area contributed by atoms with Crippen LogP contribution in [0.25, 0.3) is 10.9 Å². The van der Waals surface area contributed by atoms with Crippen molar-refractivity contribution in [3.63, 3.8) is 0 Å². The number of H-pyrrole nitrogens is 1. The molecule has 0 aliphatic heterocycles. The van der Waals surface area contributed by atoms with E-state index in [0.717, 1.165) is 20.9 Å². The number of nitrogens with one attached hydrogen (secondary N) is 3. The number of aromatic nitrogens is 1. The summed E-state index contributed by atoms with van der Waals surface area (Å²) < 4.78 is 0.928. The molecular formula is C22H18BrN3O2S. The van der Waals surface area contributed by atoms with Gasteiger partial charge in [-0.3, -0.25) is 9.59 Å². The van der Waals surface area contributed by atoms with E-state index in [1.807, 2.05) is 66.2 Å². The first-order chi connectivity index (χ1) is 14.1. The summed E-state index contributed by atoms with van der Waals surface area (Å²) in [5.74, 6) is -0.515. The van der Waals surface area contributed by atoms with Crippen LogP contribution in [0.5, 0.6) is 0 Å². The number of carbonyl (C=O) groups is 2. The molecule has 0 bridgehead atoms.